The molecule has 0 saturated carbocycles. The molecule has 2 atom stereocenters. The highest BCUT2D eigenvalue weighted by Crippen LogP contribution is 2.44. The van der Waals surface area contributed by atoms with Crippen molar-refractivity contribution in [3.05, 3.63) is 24.3 Å². The van der Waals surface area contributed by atoms with Gasteiger partial charge in [0.1, 0.15) is 0 Å². The minimum absolute atomic E-state index is 0.426. The Kier molecular flexibility index (Phi) is 3.11. The van der Waals surface area contributed by atoms with Gasteiger partial charge in [-0.1, -0.05) is 38.2 Å². The summed E-state index contributed by atoms with van der Waals surface area (Å²) in [5.41, 5.74) is 0.426. The minimum atomic E-state index is 0.426. The van der Waals surface area contributed by atoms with Crippen molar-refractivity contribution >= 4 is 0 Å². The van der Waals surface area contributed by atoms with E-state index in [4.69, 9.17) is 0 Å². The third-order valence-electron chi connectivity index (χ3n) is 5.14. The highest BCUT2D eigenvalue weighted by Gasteiger charge is 2.47. The SMILES string of the molecule is CN1CCC(N2CC(C)(C)C3C=CC=CC32)CC1. The molecule has 0 N–H and O–H groups in total. The summed E-state index contributed by atoms with van der Waals surface area (Å²) in [5.74, 6) is 0.710. The van der Waals surface area contributed by atoms with Crippen LogP contribution in [-0.4, -0.2) is 48.6 Å². The predicted octanol–water partition coefficient (Wildman–Crippen LogP) is 2.53. The molecule has 100 valence electrons. The molecule has 0 aromatic carbocycles. The van der Waals surface area contributed by atoms with Crippen molar-refractivity contribution in [2.45, 2.75) is 38.8 Å². The molecule has 2 heteroatoms. The fraction of sp³-hybridized carbons (Fsp3) is 0.750. The molecule has 0 aromatic rings. The Labute approximate surface area is 111 Å². The van der Waals surface area contributed by atoms with Gasteiger partial charge in [0.2, 0.25) is 0 Å². The lowest BCUT2D eigenvalue weighted by molar-refractivity contribution is 0.116. The maximum Gasteiger partial charge on any atom is 0.0352 e. The van der Waals surface area contributed by atoms with E-state index in [2.05, 4.69) is 55.0 Å². The van der Waals surface area contributed by atoms with Crippen molar-refractivity contribution in [1.29, 1.82) is 0 Å². The lowest BCUT2D eigenvalue weighted by Gasteiger charge is -2.38. The van der Waals surface area contributed by atoms with Crippen LogP contribution in [0.5, 0.6) is 0 Å². The molecule has 1 aliphatic carbocycles. The molecule has 3 rings (SSSR count). The van der Waals surface area contributed by atoms with Gasteiger partial charge < -0.3 is 4.90 Å². The molecular weight excluding hydrogens is 220 g/mol. The molecule has 3 aliphatic rings. The van der Waals surface area contributed by atoms with E-state index in [1.807, 2.05) is 0 Å². The van der Waals surface area contributed by atoms with E-state index in [1.165, 1.54) is 32.5 Å². The van der Waals surface area contributed by atoms with Crippen LogP contribution in [0.25, 0.3) is 0 Å². The summed E-state index contributed by atoms with van der Waals surface area (Å²) in [5, 5.41) is 0. The summed E-state index contributed by atoms with van der Waals surface area (Å²) < 4.78 is 0. The first-order valence-corrected chi connectivity index (χ1v) is 7.37. The molecule has 0 spiro atoms. The Morgan fingerprint density at radius 2 is 1.72 bits per heavy atom. The first-order valence-electron chi connectivity index (χ1n) is 7.37. The fourth-order valence-electron chi connectivity index (χ4n) is 4.02. The van der Waals surface area contributed by atoms with Crippen molar-refractivity contribution in [2.75, 3.05) is 26.7 Å². The van der Waals surface area contributed by atoms with E-state index in [0.29, 0.717) is 17.4 Å². The van der Waals surface area contributed by atoms with Crippen LogP contribution in [0.2, 0.25) is 0 Å². The summed E-state index contributed by atoms with van der Waals surface area (Å²) in [7, 11) is 2.25. The van der Waals surface area contributed by atoms with Gasteiger partial charge in [-0.05, 0) is 38.4 Å². The summed E-state index contributed by atoms with van der Waals surface area (Å²) in [6, 6.07) is 1.45. The van der Waals surface area contributed by atoms with Crippen molar-refractivity contribution < 1.29 is 0 Å². The van der Waals surface area contributed by atoms with E-state index < -0.39 is 0 Å². The summed E-state index contributed by atoms with van der Waals surface area (Å²) >= 11 is 0. The van der Waals surface area contributed by atoms with Gasteiger partial charge in [0.05, 0.1) is 0 Å². The van der Waals surface area contributed by atoms with Crippen LogP contribution < -0.4 is 0 Å². The van der Waals surface area contributed by atoms with Crippen molar-refractivity contribution in [3.63, 3.8) is 0 Å². The van der Waals surface area contributed by atoms with Crippen LogP contribution in [-0.2, 0) is 0 Å². The van der Waals surface area contributed by atoms with Crippen molar-refractivity contribution in [1.82, 2.24) is 9.80 Å². The number of hydrogen-bond acceptors (Lipinski definition) is 2. The van der Waals surface area contributed by atoms with Gasteiger partial charge in [0, 0.05) is 24.5 Å². The molecule has 2 heterocycles. The quantitative estimate of drug-likeness (QED) is 0.701. The molecule has 2 saturated heterocycles. The lowest BCUT2D eigenvalue weighted by Crippen LogP contribution is -2.46. The Bertz CT molecular complexity index is 361. The molecule has 0 aromatic heterocycles. The van der Waals surface area contributed by atoms with Crippen LogP contribution in [0.4, 0.5) is 0 Å². The maximum atomic E-state index is 2.79. The molecule has 2 unspecified atom stereocenters. The summed E-state index contributed by atoms with van der Waals surface area (Å²) in [4.78, 5) is 5.25. The zero-order chi connectivity index (χ0) is 12.8. The molecule has 2 aliphatic heterocycles. The van der Waals surface area contributed by atoms with Crippen molar-refractivity contribution in [2.24, 2.45) is 11.3 Å². The first-order chi connectivity index (χ1) is 8.58. The zero-order valence-electron chi connectivity index (χ0n) is 12.0. The van der Waals surface area contributed by atoms with E-state index in [-0.39, 0.29) is 0 Å². The standard InChI is InChI=1S/C16H26N2/c1-16(2)12-18(13-8-10-17(3)11-9-13)15-7-5-4-6-14(15)16/h4-7,13-15H,8-12H2,1-3H3. The maximum absolute atomic E-state index is 2.79. The van der Waals surface area contributed by atoms with Crippen LogP contribution in [0.3, 0.4) is 0 Å². The molecule has 0 radical (unpaired) electrons. The van der Waals surface area contributed by atoms with E-state index in [1.54, 1.807) is 0 Å². The second-order valence-corrected chi connectivity index (χ2v) is 6.98. The lowest BCUT2D eigenvalue weighted by atomic mass is 9.77. The van der Waals surface area contributed by atoms with Crippen LogP contribution in [0, 0.1) is 11.3 Å². The van der Waals surface area contributed by atoms with E-state index in [0.717, 1.165) is 6.04 Å². The Hall–Kier alpha value is -0.600. The van der Waals surface area contributed by atoms with E-state index in [9.17, 15) is 0 Å². The van der Waals surface area contributed by atoms with E-state index >= 15 is 0 Å². The van der Waals surface area contributed by atoms with Gasteiger partial charge in [-0.3, -0.25) is 4.90 Å². The molecule has 18 heavy (non-hydrogen) atoms. The van der Waals surface area contributed by atoms with Crippen LogP contribution >= 0.6 is 0 Å². The summed E-state index contributed by atoms with van der Waals surface area (Å²) in [6.07, 6.45) is 12.0. The Balaban J connectivity index is 1.77. The van der Waals surface area contributed by atoms with Gasteiger partial charge in [0.25, 0.3) is 0 Å². The Morgan fingerprint density at radius 1 is 1.06 bits per heavy atom. The normalized spacial score (nSPS) is 37.1. The average Bonchev–Trinajstić information content (AvgIpc) is 2.63. The smallest absolute Gasteiger partial charge is 0.0352 e. The number of fused-ring (bicyclic) bond motifs is 1. The molecule has 2 nitrogen and oxygen atoms in total. The predicted molar refractivity (Wildman–Crippen MR) is 76.6 cm³/mol. The number of rotatable bonds is 1. The monoisotopic (exact) mass is 246 g/mol. The largest absolute Gasteiger partial charge is 0.306 e. The zero-order valence-corrected chi connectivity index (χ0v) is 12.0. The van der Waals surface area contributed by atoms with Crippen LogP contribution in [0.15, 0.2) is 24.3 Å². The number of hydrogen-bond donors (Lipinski definition) is 0. The molecular formula is C16H26N2. The fourth-order valence-corrected chi connectivity index (χ4v) is 4.02. The third kappa shape index (κ3) is 2.06. The van der Waals surface area contributed by atoms with Gasteiger partial charge in [0.15, 0.2) is 0 Å². The number of likely N-dealkylation sites (tertiary alicyclic amines) is 2. The van der Waals surface area contributed by atoms with Crippen LogP contribution in [0.1, 0.15) is 26.7 Å². The van der Waals surface area contributed by atoms with Gasteiger partial charge in [-0.2, -0.15) is 0 Å². The molecule has 0 bridgehead atoms. The minimum Gasteiger partial charge on any atom is -0.306 e. The molecule has 0 amide bonds. The second kappa shape index (κ2) is 4.50. The number of allylic oxidation sites excluding steroid dienone is 2. The van der Waals surface area contributed by atoms with Gasteiger partial charge >= 0.3 is 0 Å². The highest BCUT2D eigenvalue weighted by molar-refractivity contribution is 5.23. The Morgan fingerprint density at radius 3 is 2.44 bits per heavy atom. The number of piperidine rings is 1. The highest BCUT2D eigenvalue weighted by atomic mass is 15.2. The summed E-state index contributed by atoms with van der Waals surface area (Å²) in [6.45, 7) is 8.65. The average molecular weight is 246 g/mol. The van der Waals surface area contributed by atoms with Gasteiger partial charge in [-0.15, -0.1) is 0 Å². The second-order valence-electron chi connectivity index (χ2n) is 6.98. The number of nitrogens with zero attached hydrogens (tertiary/aromatic N) is 2. The van der Waals surface area contributed by atoms with Gasteiger partial charge in [-0.25, -0.2) is 0 Å². The molecule has 2 fully saturated rings. The first kappa shape index (κ1) is 12.4. The third-order valence-corrected chi connectivity index (χ3v) is 5.14. The van der Waals surface area contributed by atoms with Crippen molar-refractivity contribution in [3.8, 4) is 0 Å². The topological polar surface area (TPSA) is 6.48 Å².